The summed E-state index contributed by atoms with van der Waals surface area (Å²) in [6.45, 7) is 0.609. The highest BCUT2D eigenvalue weighted by molar-refractivity contribution is 6.30. The van der Waals surface area contributed by atoms with Crippen LogP contribution in [0.1, 0.15) is 11.5 Å². The lowest BCUT2D eigenvalue weighted by Gasteiger charge is -2.09. The molecular formula is C19H19ClN4O3. The van der Waals surface area contributed by atoms with Gasteiger partial charge >= 0.3 is 6.03 Å². The molecule has 140 valence electrons. The largest absolute Gasteiger partial charge is 0.496 e. The Bertz CT molecular complexity index is 913. The maximum Gasteiger partial charge on any atom is 0.315 e. The first kappa shape index (κ1) is 18.7. The van der Waals surface area contributed by atoms with E-state index in [0.717, 1.165) is 16.9 Å². The smallest absolute Gasteiger partial charge is 0.315 e. The quantitative estimate of drug-likeness (QED) is 0.649. The van der Waals surface area contributed by atoms with Crippen molar-refractivity contribution in [3.63, 3.8) is 0 Å². The Hall–Kier alpha value is -3.06. The molecule has 0 spiro atoms. The number of urea groups is 1. The van der Waals surface area contributed by atoms with Crippen LogP contribution in [0.4, 0.5) is 4.79 Å². The first-order chi connectivity index (χ1) is 13.2. The molecule has 0 unspecified atom stereocenters. The van der Waals surface area contributed by atoms with E-state index < -0.39 is 0 Å². The summed E-state index contributed by atoms with van der Waals surface area (Å²) in [5.74, 6) is 1.54. The molecule has 1 aromatic heterocycles. The molecule has 7 nitrogen and oxygen atoms in total. The van der Waals surface area contributed by atoms with Gasteiger partial charge < -0.3 is 19.9 Å². The molecule has 27 heavy (non-hydrogen) atoms. The Kier molecular flexibility index (Phi) is 6.27. The van der Waals surface area contributed by atoms with Crippen molar-refractivity contribution in [2.45, 2.75) is 13.0 Å². The molecule has 0 bridgehead atoms. The topological polar surface area (TPSA) is 89.3 Å². The third-order valence-corrected chi connectivity index (χ3v) is 4.06. The minimum atomic E-state index is -0.313. The van der Waals surface area contributed by atoms with E-state index in [4.69, 9.17) is 20.9 Å². The van der Waals surface area contributed by atoms with Crippen molar-refractivity contribution >= 4 is 17.6 Å². The van der Waals surface area contributed by atoms with Crippen molar-refractivity contribution in [3.8, 4) is 17.1 Å². The van der Waals surface area contributed by atoms with Crippen molar-refractivity contribution in [2.75, 3.05) is 13.7 Å². The Labute approximate surface area is 161 Å². The normalized spacial score (nSPS) is 10.4. The van der Waals surface area contributed by atoms with Gasteiger partial charge in [-0.1, -0.05) is 47.1 Å². The molecule has 2 amide bonds. The fourth-order valence-electron chi connectivity index (χ4n) is 2.51. The van der Waals surface area contributed by atoms with Gasteiger partial charge in [0.05, 0.1) is 13.7 Å². The van der Waals surface area contributed by atoms with Gasteiger partial charge in [-0.05, 0) is 30.2 Å². The highest BCUT2D eigenvalue weighted by Gasteiger charge is 2.10. The Morgan fingerprint density at radius 2 is 2.04 bits per heavy atom. The zero-order valence-corrected chi connectivity index (χ0v) is 15.5. The number of nitrogens with one attached hydrogen (secondary N) is 2. The van der Waals surface area contributed by atoms with E-state index in [9.17, 15) is 4.79 Å². The molecule has 0 aliphatic heterocycles. The van der Waals surface area contributed by atoms with Crippen LogP contribution in [0.15, 0.2) is 53.1 Å². The van der Waals surface area contributed by atoms with Crippen molar-refractivity contribution in [1.82, 2.24) is 20.8 Å². The number of hydrogen-bond donors (Lipinski definition) is 2. The van der Waals surface area contributed by atoms with Gasteiger partial charge in [0.25, 0.3) is 0 Å². The Morgan fingerprint density at radius 1 is 1.19 bits per heavy atom. The summed E-state index contributed by atoms with van der Waals surface area (Å²) in [5, 5.41) is 9.96. The molecule has 0 aliphatic rings. The highest BCUT2D eigenvalue weighted by atomic mass is 35.5. The minimum Gasteiger partial charge on any atom is -0.496 e. The van der Waals surface area contributed by atoms with Gasteiger partial charge in [-0.2, -0.15) is 4.98 Å². The average Bonchev–Trinajstić information content (AvgIpc) is 3.16. The zero-order chi connectivity index (χ0) is 19.1. The van der Waals surface area contributed by atoms with Crippen LogP contribution in [0.2, 0.25) is 5.02 Å². The second-order valence-electron chi connectivity index (χ2n) is 5.69. The summed E-state index contributed by atoms with van der Waals surface area (Å²) in [6, 6.07) is 14.5. The van der Waals surface area contributed by atoms with Crippen LogP contribution in [-0.2, 0) is 13.0 Å². The number of para-hydroxylation sites is 1. The number of halogens is 1. The van der Waals surface area contributed by atoms with E-state index in [0.29, 0.717) is 29.7 Å². The molecule has 8 heteroatoms. The predicted octanol–water partition coefficient (Wildman–Crippen LogP) is 3.44. The second kappa shape index (κ2) is 9.05. The first-order valence-electron chi connectivity index (χ1n) is 8.38. The minimum absolute atomic E-state index is 0.133. The zero-order valence-electron chi connectivity index (χ0n) is 14.7. The van der Waals surface area contributed by atoms with E-state index in [1.165, 1.54) is 0 Å². The number of nitrogens with zero attached hydrogens (tertiary/aromatic N) is 2. The SMILES string of the molecule is COc1ccccc1CCNC(=O)NCc1nc(-c2cccc(Cl)c2)no1. The van der Waals surface area contributed by atoms with Gasteiger partial charge in [-0.25, -0.2) is 4.79 Å². The van der Waals surface area contributed by atoms with Crippen LogP contribution in [0.5, 0.6) is 5.75 Å². The maximum atomic E-state index is 11.9. The van der Waals surface area contributed by atoms with E-state index in [1.54, 1.807) is 25.3 Å². The molecule has 0 atom stereocenters. The number of amides is 2. The molecule has 2 N–H and O–H groups in total. The van der Waals surface area contributed by atoms with Crippen LogP contribution < -0.4 is 15.4 Å². The highest BCUT2D eigenvalue weighted by Crippen LogP contribution is 2.20. The standard InChI is InChI=1S/C19H19ClN4O3/c1-26-16-8-3-2-5-13(16)9-10-21-19(25)22-12-17-23-18(24-27-17)14-6-4-7-15(20)11-14/h2-8,11H,9-10,12H2,1H3,(H2,21,22,25). The van der Waals surface area contributed by atoms with Crippen LogP contribution >= 0.6 is 11.6 Å². The molecule has 0 saturated carbocycles. The third kappa shape index (κ3) is 5.21. The van der Waals surface area contributed by atoms with Crippen molar-refractivity contribution in [3.05, 3.63) is 65.0 Å². The molecule has 3 rings (SSSR count). The Balaban J connectivity index is 1.46. The van der Waals surface area contributed by atoms with Crippen LogP contribution in [0.3, 0.4) is 0 Å². The molecule has 0 aliphatic carbocycles. The van der Waals surface area contributed by atoms with Crippen LogP contribution in [0, 0.1) is 0 Å². The van der Waals surface area contributed by atoms with Gasteiger partial charge in [0.15, 0.2) is 0 Å². The van der Waals surface area contributed by atoms with Gasteiger partial charge in [0.2, 0.25) is 11.7 Å². The predicted molar refractivity (Wildman–Crippen MR) is 102 cm³/mol. The number of ether oxygens (including phenoxy) is 1. The molecule has 0 fully saturated rings. The third-order valence-electron chi connectivity index (χ3n) is 3.82. The molecule has 0 radical (unpaired) electrons. The number of rotatable bonds is 7. The summed E-state index contributed by atoms with van der Waals surface area (Å²) in [6.07, 6.45) is 0.664. The Morgan fingerprint density at radius 3 is 2.85 bits per heavy atom. The van der Waals surface area contributed by atoms with Crippen LogP contribution in [0.25, 0.3) is 11.4 Å². The first-order valence-corrected chi connectivity index (χ1v) is 8.75. The van der Waals surface area contributed by atoms with Crippen molar-refractivity contribution in [1.29, 1.82) is 0 Å². The lowest BCUT2D eigenvalue weighted by atomic mass is 10.1. The van der Waals surface area contributed by atoms with Crippen molar-refractivity contribution in [2.24, 2.45) is 0 Å². The number of benzene rings is 2. The number of hydrogen-bond acceptors (Lipinski definition) is 5. The van der Waals surface area contributed by atoms with Crippen molar-refractivity contribution < 1.29 is 14.1 Å². The summed E-state index contributed by atoms with van der Waals surface area (Å²) < 4.78 is 10.4. The molecule has 1 heterocycles. The summed E-state index contributed by atoms with van der Waals surface area (Å²) in [4.78, 5) is 16.2. The van der Waals surface area contributed by atoms with E-state index in [-0.39, 0.29) is 12.6 Å². The fraction of sp³-hybridized carbons (Fsp3) is 0.211. The van der Waals surface area contributed by atoms with E-state index >= 15 is 0 Å². The average molecular weight is 387 g/mol. The summed E-state index contributed by atoms with van der Waals surface area (Å²) in [7, 11) is 1.63. The van der Waals surface area contributed by atoms with E-state index in [1.807, 2.05) is 30.3 Å². The van der Waals surface area contributed by atoms with Gasteiger partial charge in [0, 0.05) is 17.1 Å². The van der Waals surface area contributed by atoms with Gasteiger partial charge in [-0.3, -0.25) is 0 Å². The number of carbonyl (C=O) groups excluding carboxylic acids is 1. The molecule has 0 saturated heterocycles. The fourth-order valence-corrected chi connectivity index (χ4v) is 2.70. The lowest BCUT2D eigenvalue weighted by molar-refractivity contribution is 0.238. The molecule has 3 aromatic rings. The second-order valence-corrected chi connectivity index (χ2v) is 6.13. The molecular weight excluding hydrogens is 368 g/mol. The number of methoxy groups -OCH3 is 1. The van der Waals surface area contributed by atoms with Crippen LogP contribution in [-0.4, -0.2) is 29.8 Å². The van der Waals surface area contributed by atoms with Gasteiger partial charge in [0.1, 0.15) is 5.75 Å². The number of aromatic nitrogens is 2. The lowest BCUT2D eigenvalue weighted by Crippen LogP contribution is -2.36. The summed E-state index contributed by atoms with van der Waals surface area (Å²) >= 11 is 5.96. The monoisotopic (exact) mass is 386 g/mol. The number of carbonyl (C=O) groups is 1. The maximum absolute atomic E-state index is 11.9. The van der Waals surface area contributed by atoms with E-state index in [2.05, 4.69) is 20.8 Å². The summed E-state index contributed by atoms with van der Waals surface area (Å²) in [5.41, 5.74) is 1.78. The van der Waals surface area contributed by atoms with Gasteiger partial charge in [-0.15, -0.1) is 0 Å². The molecule has 2 aromatic carbocycles.